The van der Waals surface area contributed by atoms with Crippen LogP contribution in [0.5, 0.6) is 11.5 Å². The minimum Gasteiger partial charge on any atom is -0.497 e. The number of ether oxygens (including phenoxy) is 2. The third-order valence-corrected chi connectivity index (χ3v) is 2.96. The van der Waals surface area contributed by atoms with Gasteiger partial charge in [-0.3, -0.25) is 0 Å². The number of hydrogen-bond donors (Lipinski definition) is 2. The molecule has 0 spiro atoms. The summed E-state index contributed by atoms with van der Waals surface area (Å²) in [5, 5.41) is 3.31. The van der Waals surface area contributed by atoms with E-state index >= 15 is 0 Å². The maximum atomic E-state index is 5.98. The predicted molar refractivity (Wildman–Crippen MR) is 78.4 cm³/mol. The van der Waals surface area contributed by atoms with Crippen molar-refractivity contribution >= 4 is 17.1 Å². The highest BCUT2D eigenvalue weighted by Gasteiger charge is 2.04. The molecule has 0 aliphatic rings. The van der Waals surface area contributed by atoms with E-state index in [-0.39, 0.29) is 0 Å². The van der Waals surface area contributed by atoms with Crippen molar-refractivity contribution in [2.75, 3.05) is 25.3 Å². The second-order valence-electron chi connectivity index (χ2n) is 4.26. The summed E-state index contributed by atoms with van der Waals surface area (Å²) in [4.78, 5) is 0. The van der Waals surface area contributed by atoms with Crippen molar-refractivity contribution in [3.05, 3.63) is 42.0 Å². The number of anilines is 3. The molecule has 2 rings (SSSR count). The average Bonchev–Trinajstić information content (AvgIpc) is 2.42. The maximum Gasteiger partial charge on any atom is 0.121 e. The highest BCUT2D eigenvalue weighted by atomic mass is 16.5. The SMILES string of the molecule is COc1ccc(Nc2ccc(OC)cc2N)c(C)c1. The van der Waals surface area contributed by atoms with Crippen molar-refractivity contribution in [3.63, 3.8) is 0 Å². The molecule has 0 aliphatic heterocycles. The summed E-state index contributed by atoms with van der Waals surface area (Å²) in [6.45, 7) is 2.02. The van der Waals surface area contributed by atoms with Crippen LogP contribution in [0.15, 0.2) is 36.4 Å². The van der Waals surface area contributed by atoms with E-state index in [1.807, 2.05) is 37.3 Å². The second kappa shape index (κ2) is 5.52. The van der Waals surface area contributed by atoms with Gasteiger partial charge in [0.25, 0.3) is 0 Å². The number of benzene rings is 2. The van der Waals surface area contributed by atoms with E-state index in [1.54, 1.807) is 20.3 Å². The molecule has 0 unspecified atom stereocenters. The second-order valence-corrected chi connectivity index (χ2v) is 4.26. The molecule has 0 heterocycles. The van der Waals surface area contributed by atoms with E-state index in [4.69, 9.17) is 15.2 Å². The van der Waals surface area contributed by atoms with Gasteiger partial charge in [0.05, 0.1) is 25.6 Å². The molecule has 0 saturated heterocycles. The molecule has 0 bridgehead atoms. The average molecular weight is 258 g/mol. The number of nitrogens with two attached hydrogens (primary N) is 1. The van der Waals surface area contributed by atoms with E-state index in [2.05, 4.69) is 5.32 Å². The quantitative estimate of drug-likeness (QED) is 0.826. The summed E-state index contributed by atoms with van der Waals surface area (Å²) in [6.07, 6.45) is 0. The summed E-state index contributed by atoms with van der Waals surface area (Å²) in [5.41, 5.74) is 9.58. The topological polar surface area (TPSA) is 56.5 Å². The molecule has 0 aromatic heterocycles. The summed E-state index contributed by atoms with van der Waals surface area (Å²) >= 11 is 0. The summed E-state index contributed by atoms with van der Waals surface area (Å²) in [7, 11) is 3.28. The molecule has 0 aliphatic carbocycles. The highest BCUT2D eigenvalue weighted by Crippen LogP contribution is 2.29. The van der Waals surface area contributed by atoms with Crippen LogP contribution in [0.1, 0.15) is 5.56 Å². The van der Waals surface area contributed by atoms with Crippen LogP contribution in [0.2, 0.25) is 0 Å². The summed E-state index contributed by atoms with van der Waals surface area (Å²) in [5.74, 6) is 1.58. The third kappa shape index (κ3) is 2.91. The Morgan fingerprint density at radius 1 is 0.895 bits per heavy atom. The van der Waals surface area contributed by atoms with Gasteiger partial charge in [-0.05, 0) is 42.8 Å². The molecule has 19 heavy (non-hydrogen) atoms. The Labute approximate surface area is 113 Å². The summed E-state index contributed by atoms with van der Waals surface area (Å²) in [6, 6.07) is 11.4. The fourth-order valence-electron chi connectivity index (χ4n) is 1.83. The smallest absolute Gasteiger partial charge is 0.121 e. The van der Waals surface area contributed by atoms with Crippen LogP contribution in [0, 0.1) is 6.92 Å². The first-order valence-electron chi connectivity index (χ1n) is 5.99. The third-order valence-electron chi connectivity index (χ3n) is 2.96. The van der Waals surface area contributed by atoms with Gasteiger partial charge in [-0.1, -0.05) is 0 Å². The minimum absolute atomic E-state index is 0.648. The molecular weight excluding hydrogens is 240 g/mol. The van der Waals surface area contributed by atoms with Crippen LogP contribution >= 0.6 is 0 Å². The van der Waals surface area contributed by atoms with Crippen LogP contribution in [-0.2, 0) is 0 Å². The van der Waals surface area contributed by atoms with Gasteiger partial charge in [-0.15, -0.1) is 0 Å². The van der Waals surface area contributed by atoms with E-state index < -0.39 is 0 Å². The van der Waals surface area contributed by atoms with Crippen LogP contribution in [-0.4, -0.2) is 14.2 Å². The first-order chi connectivity index (χ1) is 9.13. The van der Waals surface area contributed by atoms with Gasteiger partial charge in [-0.2, -0.15) is 0 Å². The molecule has 0 radical (unpaired) electrons. The van der Waals surface area contributed by atoms with Crippen molar-refractivity contribution in [3.8, 4) is 11.5 Å². The van der Waals surface area contributed by atoms with Crippen molar-refractivity contribution in [1.29, 1.82) is 0 Å². The number of nitrogens with one attached hydrogen (secondary N) is 1. The first-order valence-corrected chi connectivity index (χ1v) is 5.99. The first kappa shape index (κ1) is 13.1. The van der Waals surface area contributed by atoms with Crippen LogP contribution in [0.3, 0.4) is 0 Å². The van der Waals surface area contributed by atoms with Crippen molar-refractivity contribution < 1.29 is 9.47 Å². The monoisotopic (exact) mass is 258 g/mol. The zero-order valence-corrected chi connectivity index (χ0v) is 11.4. The lowest BCUT2D eigenvalue weighted by molar-refractivity contribution is 0.414. The lowest BCUT2D eigenvalue weighted by atomic mass is 10.1. The Morgan fingerprint density at radius 2 is 1.47 bits per heavy atom. The Morgan fingerprint density at radius 3 is 2.00 bits per heavy atom. The molecular formula is C15H18N2O2. The molecule has 4 heteroatoms. The number of aryl methyl sites for hydroxylation is 1. The van der Waals surface area contributed by atoms with Crippen LogP contribution in [0.4, 0.5) is 17.1 Å². The van der Waals surface area contributed by atoms with E-state index in [9.17, 15) is 0 Å². The van der Waals surface area contributed by atoms with Gasteiger partial charge >= 0.3 is 0 Å². The largest absolute Gasteiger partial charge is 0.497 e. The van der Waals surface area contributed by atoms with Gasteiger partial charge in [-0.25, -0.2) is 0 Å². The lowest BCUT2D eigenvalue weighted by Gasteiger charge is -2.13. The van der Waals surface area contributed by atoms with Crippen molar-refractivity contribution in [2.24, 2.45) is 0 Å². The highest BCUT2D eigenvalue weighted by molar-refractivity contribution is 5.75. The van der Waals surface area contributed by atoms with E-state index in [1.165, 1.54) is 0 Å². The maximum absolute atomic E-state index is 5.98. The zero-order chi connectivity index (χ0) is 13.8. The van der Waals surface area contributed by atoms with Gasteiger partial charge in [0.2, 0.25) is 0 Å². The van der Waals surface area contributed by atoms with E-state index in [0.717, 1.165) is 28.4 Å². The molecule has 0 atom stereocenters. The number of hydrogen-bond acceptors (Lipinski definition) is 4. The number of nitrogen functional groups attached to an aromatic ring is 1. The Hall–Kier alpha value is -2.36. The Balaban J connectivity index is 2.26. The van der Waals surface area contributed by atoms with Gasteiger partial charge in [0.1, 0.15) is 11.5 Å². The normalized spacial score (nSPS) is 10.1. The van der Waals surface area contributed by atoms with Crippen molar-refractivity contribution in [1.82, 2.24) is 0 Å². The molecule has 2 aromatic rings. The molecule has 2 aromatic carbocycles. The zero-order valence-electron chi connectivity index (χ0n) is 11.4. The molecule has 100 valence electrons. The Bertz CT molecular complexity index is 531. The lowest BCUT2D eigenvalue weighted by Crippen LogP contribution is -1.98. The fourth-order valence-corrected chi connectivity index (χ4v) is 1.83. The van der Waals surface area contributed by atoms with Gasteiger partial charge in [0, 0.05) is 11.8 Å². The Kier molecular flexibility index (Phi) is 3.80. The molecule has 4 nitrogen and oxygen atoms in total. The van der Waals surface area contributed by atoms with Gasteiger partial charge < -0.3 is 20.5 Å². The number of methoxy groups -OCH3 is 2. The standard InChI is InChI=1S/C15H18N2O2/c1-10-8-11(18-2)4-6-14(10)17-15-7-5-12(19-3)9-13(15)16/h4-9,17H,16H2,1-3H3. The molecule has 0 fully saturated rings. The molecule has 3 N–H and O–H groups in total. The van der Waals surface area contributed by atoms with Crippen LogP contribution in [0.25, 0.3) is 0 Å². The van der Waals surface area contributed by atoms with Crippen molar-refractivity contribution in [2.45, 2.75) is 6.92 Å². The molecule has 0 amide bonds. The number of rotatable bonds is 4. The van der Waals surface area contributed by atoms with E-state index in [0.29, 0.717) is 5.69 Å². The molecule has 0 saturated carbocycles. The van der Waals surface area contributed by atoms with Gasteiger partial charge in [0.15, 0.2) is 0 Å². The predicted octanol–water partition coefficient (Wildman–Crippen LogP) is 3.34. The summed E-state index contributed by atoms with van der Waals surface area (Å²) < 4.78 is 10.3. The van der Waals surface area contributed by atoms with Crippen LogP contribution < -0.4 is 20.5 Å². The fraction of sp³-hybridized carbons (Fsp3) is 0.200. The minimum atomic E-state index is 0.648.